The number of nitrogens with one attached hydrogen (secondary N) is 2. The van der Waals surface area contributed by atoms with Crippen molar-refractivity contribution in [1.29, 1.82) is 0 Å². The summed E-state index contributed by atoms with van der Waals surface area (Å²) in [6, 6.07) is 5.34. The lowest BCUT2D eigenvalue weighted by atomic mass is 10.3. The highest BCUT2D eigenvalue weighted by Crippen LogP contribution is 2.03. The lowest BCUT2D eigenvalue weighted by Gasteiger charge is -2.08. The van der Waals surface area contributed by atoms with E-state index >= 15 is 0 Å². The summed E-state index contributed by atoms with van der Waals surface area (Å²) >= 11 is 0. The van der Waals surface area contributed by atoms with E-state index in [-0.39, 0.29) is 12.0 Å². The van der Waals surface area contributed by atoms with E-state index in [2.05, 4.69) is 15.6 Å². The van der Waals surface area contributed by atoms with Gasteiger partial charge >= 0.3 is 0 Å². The van der Waals surface area contributed by atoms with Gasteiger partial charge in [0.15, 0.2) is 0 Å². The molecule has 0 bridgehead atoms. The first kappa shape index (κ1) is 15.4. The number of pyridine rings is 1. The lowest BCUT2D eigenvalue weighted by molar-refractivity contribution is 0.0754. The third-order valence-electron chi connectivity index (χ3n) is 2.55. The van der Waals surface area contributed by atoms with Crippen LogP contribution in [-0.4, -0.2) is 37.2 Å². The number of hydrogen-bond donors (Lipinski definition) is 2. The van der Waals surface area contributed by atoms with Crippen LogP contribution in [0.25, 0.3) is 0 Å². The Bertz CT molecular complexity index is 394. The highest BCUT2D eigenvalue weighted by molar-refractivity contribution is 5.92. The Hall–Kier alpha value is -1.62. The van der Waals surface area contributed by atoms with Crippen LogP contribution in [0.1, 0.15) is 37.2 Å². The van der Waals surface area contributed by atoms with Crippen LogP contribution in [0.4, 0.5) is 5.82 Å². The summed E-state index contributed by atoms with van der Waals surface area (Å²) in [7, 11) is 1.78. The topological polar surface area (TPSA) is 63.2 Å². The molecule has 0 aliphatic carbocycles. The predicted octanol–water partition coefficient (Wildman–Crippen LogP) is 2.06. The second kappa shape index (κ2) is 8.48. The van der Waals surface area contributed by atoms with Gasteiger partial charge in [-0.15, -0.1) is 0 Å². The fourth-order valence-corrected chi connectivity index (χ4v) is 1.54. The van der Waals surface area contributed by atoms with Crippen LogP contribution in [0.3, 0.4) is 0 Å². The first-order chi connectivity index (χ1) is 9.13. The van der Waals surface area contributed by atoms with Crippen molar-refractivity contribution >= 4 is 11.7 Å². The van der Waals surface area contributed by atoms with E-state index in [0.29, 0.717) is 18.1 Å². The third-order valence-corrected chi connectivity index (χ3v) is 2.55. The van der Waals surface area contributed by atoms with Crippen LogP contribution in [0.2, 0.25) is 0 Å². The smallest absolute Gasteiger partial charge is 0.269 e. The molecule has 5 heteroatoms. The number of carbonyl (C=O) groups excluding carboxylic acids is 1. The fraction of sp³-hybridized carbons (Fsp3) is 0.571. The summed E-state index contributed by atoms with van der Waals surface area (Å²) in [6.45, 7) is 5.41. The number of aromatic nitrogens is 1. The van der Waals surface area contributed by atoms with Gasteiger partial charge in [-0.1, -0.05) is 6.07 Å². The molecule has 0 radical (unpaired) electrons. The minimum absolute atomic E-state index is 0.137. The van der Waals surface area contributed by atoms with E-state index in [1.54, 1.807) is 13.1 Å². The van der Waals surface area contributed by atoms with Crippen molar-refractivity contribution < 1.29 is 9.53 Å². The highest BCUT2D eigenvalue weighted by Gasteiger charge is 2.06. The van der Waals surface area contributed by atoms with E-state index in [1.807, 2.05) is 26.0 Å². The largest absolute Gasteiger partial charge is 0.379 e. The molecule has 5 nitrogen and oxygen atoms in total. The van der Waals surface area contributed by atoms with Gasteiger partial charge in [0.2, 0.25) is 0 Å². The number of nitrogens with zero attached hydrogens (tertiary/aromatic N) is 1. The molecular weight excluding hydrogens is 242 g/mol. The van der Waals surface area contributed by atoms with Crippen molar-refractivity contribution in [3.63, 3.8) is 0 Å². The molecule has 0 aromatic carbocycles. The van der Waals surface area contributed by atoms with Gasteiger partial charge in [-0.3, -0.25) is 4.79 Å². The van der Waals surface area contributed by atoms with Crippen LogP contribution in [-0.2, 0) is 4.74 Å². The first-order valence-corrected chi connectivity index (χ1v) is 6.68. The maximum atomic E-state index is 11.8. The van der Waals surface area contributed by atoms with Crippen LogP contribution >= 0.6 is 0 Å². The molecule has 0 atom stereocenters. The number of anilines is 1. The van der Waals surface area contributed by atoms with E-state index in [9.17, 15) is 4.79 Å². The number of rotatable bonds is 8. The van der Waals surface area contributed by atoms with Crippen LogP contribution < -0.4 is 10.6 Å². The van der Waals surface area contributed by atoms with E-state index in [0.717, 1.165) is 19.4 Å². The van der Waals surface area contributed by atoms with E-state index < -0.39 is 0 Å². The van der Waals surface area contributed by atoms with Gasteiger partial charge in [0, 0.05) is 20.2 Å². The Morgan fingerprint density at radius 2 is 2.16 bits per heavy atom. The Kier molecular flexibility index (Phi) is 6.89. The molecule has 0 aliphatic heterocycles. The standard InChI is InChI=1S/C14H23N3O2/c1-11(2)19-10-5-4-9-16-14(18)12-7-6-8-13(15-3)17-12/h6-8,11H,4-5,9-10H2,1-3H3,(H,15,17)(H,16,18). The Labute approximate surface area is 114 Å². The quantitative estimate of drug-likeness (QED) is 0.706. The molecule has 1 rings (SSSR count). The van der Waals surface area contributed by atoms with Crippen molar-refractivity contribution in [2.75, 3.05) is 25.5 Å². The SMILES string of the molecule is CNc1cccc(C(=O)NCCCCOC(C)C)n1. The summed E-state index contributed by atoms with van der Waals surface area (Å²) in [5.41, 5.74) is 0.435. The van der Waals surface area contributed by atoms with Crippen LogP contribution in [0.15, 0.2) is 18.2 Å². The average Bonchev–Trinajstić information content (AvgIpc) is 2.42. The number of carbonyl (C=O) groups is 1. The van der Waals surface area contributed by atoms with Crippen molar-refractivity contribution in [3.05, 3.63) is 23.9 Å². The Morgan fingerprint density at radius 1 is 1.37 bits per heavy atom. The van der Waals surface area contributed by atoms with Gasteiger partial charge in [-0.25, -0.2) is 4.98 Å². The molecule has 19 heavy (non-hydrogen) atoms. The number of hydrogen-bond acceptors (Lipinski definition) is 4. The zero-order valence-corrected chi connectivity index (χ0v) is 11.9. The first-order valence-electron chi connectivity index (χ1n) is 6.68. The molecule has 0 saturated heterocycles. The molecule has 0 spiro atoms. The number of unbranched alkanes of at least 4 members (excludes halogenated alkanes) is 1. The van der Waals surface area contributed by atoms with Crippen LogP contribution in [0, 0.1) is 0 Å². The van der Waals surface area contributed by atoms with Gasteiger partial charge in [-0.05, 0) is 38.8 Å². The molecule has 1 heterocycles. The number of ether oxygens (including phenoxy) is 1. The van der Waals surface area contributed by atoms with Crippen molar-refractivity contribution in [2.24, 2.45) is 0 Å². The normalized spacial score (nSPS) is 10.5. The van der Waals surface area contributed by atoms with Gasteiger partial charge in [0.25, 0.3) is 5.91 Å². The Morgan fingerprint density at radius 3 is 2.84 bits per heavy atom. The second-order valence-electron chi connectivity index (χ2n) is 4.54. The molecule has 1 aromatic heterocycles. The molecule has 0 aliphatic rings. The summed E-state index contributed by atoms with van der Waals surface area (Å²) in [5.74, 6) is 0.555. The zero-order valence-electron chi connectivity index (χ0n) is 11.9. The summed E-state index contributed by atoms with van der Waals surface area (Å²) in [6.07, 6.45) is 2.12. The van der Waals surface area contributed by atoms with Gasteiger partial charge < -0.3 is 15.4 Å². The van der Waals surface area contributed by atoms with Crippen molar-refractivity contribution in [2.45, 2.75) is 32.8 Å². The maximum Gasteiger partial charge on any atom is 0.269 e. The van der Waals surface area contributed by atoms with Gasteiger partial charge in [0.1, 0.15) is 11.5 Å². The molecule has 0 unspecified atom stereocenters. The zero-order chi connectivity index (χ0) is 14.1. The number of amides is 1. The maximum absolute atomic E-state index is 11.8. The minimum atomic E-state index is -0.137. The molecular formula is C14H23N3O2. The second-order valence-corrected chi connectivity index (χ2v) is 4.54. The summed E-state index contributed by atoms with van der Waals surface area (Å²) in [4.78, 5) is 16.0. The molecule has 0 saturated carbocycles. The predicted molar refractivity (Wildman–Crippen MR) is 76.4 cm³/mol. The van der Waals surface area contributed by atoms with Gasteiger partial charge in [0.05, 0.1) is 6.10 Å². The third kappa shape index (κ3) is 6.20. The molecule has 0 fully saturated rings. The molecule has 2 N–H and O–H groups in total. The summed E-state index contributed by atoms with van der Waals surface area (Å²) < 4.78 is 5.43. The van der Waals surface area contributed by atoms with Crippen LogP contribution in [0.5, 0.6) is 0 Å². The lowest BCUT2D eigenvalue weighted by Crippen LogP contribution is -2.25. The minimum Gasteiger partial charge on any atom is -0.379 e. The van der Waals surface area contributed by atoms with Crippen molar-refractivity contribution in [1.82, 2.24) is 10.3 Å². The Balaban J connectivity index is 2.23. The van der Waals surface area contributed by atoms with E-state index in [1.165, 1.54) is 0 Å². The average molecular weight is 265 g/mol. The fourth-order valence-electron chi connectivity index (χ4n) is 1.54. The monoisotopic (exact) mass is 265 g/mol. The van der Waals surface area contributed by atoms with Gasteiger partial charge in [-0.2, -0.15) is 0 Å². The molecule has 106 valence electrons. The highest BCUT2D eigenvalue weighted by atomic mass is 16.5. The molecule has 1 amide bonds. The van der Waals surface area contributed by atoms with Crippen molar-refractivity contribution in [3.8, 4) is 0 Å². The molecule has 1 aromatic rings. The van der Waals surface area contributed by atoms with E-state index in [4.69, 9.17) is 4.74 Å². The summed E-state index contributed by atoms with van der Waals surface area (Å²) in [5, 5.41) is 5.76.